The Balaban J connectivity index is 2.08. The molecule has 3 rings (SSSR count). The zero-order chi connectivity index (χ0) is 14.8. The molecular weight excluding hydrogens is 288 g/mol. The summed E-state index contributed by atoms with van der Waals surface area (Å²) in [6.45, 7) is 2.03. The molecule has 5 nitrogen and oxygen atoms in total. The van der Waals surface area contributed by atoms with Gasteiger partial charge in [-0.25, -0.2) is 9.78 Å². The number of benzene rings is 1. The topological polar surface area (TPSA) is 66.1 Å². The summed E-state index contributed by atoms with van der Waals surface area (Å²) in [5.41, 5.74) is 1.53. The highest BCUT2D eigenvalue weighted by molar-refractivity contribution is 7.21. The predicted molar refractivity (Wildman–Crippen MR) is 80.0 cm³/mol. The van der Waals surface area contributed by atoms with Crippen molar-refractivity contribution in [2.45, 2.75) is 6.92 Å². The lowest BCUT2D eigenvalue weighted by atomic mass is 10.2. The van der Waals surface area contributed by atoms with E-state index in [9.17, 15) is 10.0 Å². The summed E-state index contributed by atoms with van der Waals surface area (Å²) in [6, 6.07) is 10.6. The van der Waals surface area contributed by atoms with E-state index in [1.54, 1.807) is 6.92 Å². The van der Waals surface area contributed by atoms with E-state index in [1.165, 1.54) is 29.7 Å². The third-order valence-corrected chi connectivity index (χ3v) is 4.00. The fourth-order valence-corrected chi connectivity index (χ4v) is 2.94. The van der Waals surface area contributed by atoms with Crippen LogP contribution in [0, 0.1) is 5.21 Å². The number of fused-ring (bicyclic) bond motifs is 1. The molecule has 2 heterocycles. The summed E-state index contributed by atoms with van der Waals surface area (Å²) in [7, 11) is 0. The van der Waals surface area contributed by atoms with Crippen LogP contribution in [0.3, 0.4) is 0 Å². The molecule has 0 aliphatic carbocycles. The summed E-state index contributed by atoms with van der Waals surface area (Å²) in [6.07, 6.45) is 1.30. The number of rotatable bonds is 3. The van der Waals surface area contributed by atoms with Crippen molar-refractivity contribution in [1.29, 1.82) is 0 Å². The average molecular weight is 300 g/mol. The van der Waals surface area contributed by atoms with Gasteiger partial charge < -0.3 is 9.94 Å². The Kier molecular flexibility index (Phi) is 3.53. The normalized spacial score (nSPS) is 10.7. The van der Waals surface area contributed by atoms with E-state index in [1.807, 2.05) is 24.3 Å². The fraction of sp³-hybridized carbons (Fsp3) is 0.133. The number of esters is 1. The monoisotopic (exact) mass is 300 g/mol. The van der Waals surface area contributed by atoms with Crippen LogP contribution in [0.2, 0.25) is 0 Å². The molecule has 0 unspecified atom stereocenters. The summed E-state index contributed by atoms with van der Waals surface area (Å²) in [5, 5.41) is 12.5. The van der Waals surface area contributed by atoms with Crippen LogP contribution in [0.1, 0.15) is 17.3 Å². The first-order chi connectivity index (χ1) is 10.2. The molecule has 0 saturated heterocycles. The predicted octanol–water partition coefficient (Wildman–Crippen LogP) is 2.77. The number of nitrogens with zero attached hydrogens (tertiary/aromatic N) is 2. The van der Waals surface area contributed by atoms with E-state index in [-0.39, 0.29) is 0 Å². The van der Waals surface area contributed by atoms with Gasteiger partial charge in [-0.15, -0.1) is 11.3 Å². The lowest BCUT2D eigenvalue weighted by Gasteiger charge is -2.04. The minimum atomic E-state index is -0.444. The Morgan fingerprint density at radius 1 is 1.38 bits per heavy atom. The van der Waals surface area contributed by atoms with Gasteiger partial charge in [-0.3, -0.25) is 0 Å². The van der Waals surface area contributed by atoms with Gasteiger partial charge in [0.1, 0.15) is 0 Å². The molecule has 0 spiro atoms. The summed E-state index contributed by atoms with van der Waals surface area (Å²) >= 11 is 1.41. The van der Waals surface area contributed by atoms with Gasteiger partial charge in [0.15, 0.2) is 11.2 Å². The first-order valence-corrected chi connectivity index (χ1v) is 7.27. The maximum Gasteiger partial charge on any atom is 0.338 e. The molecule has 106 valence electrons. The lowest BCUT2D eigenvalue weighted by molar-refractivity contribution is -0.593. The number of ether oxygens (including phenoxy) is 1. The van der Waals surface area contributed by atoms with Gasteiger partial charge in [-0.1, -0.05) is 12.1 Å². The van der Waals surface area contributed by atoms with Crippen LogP contribution in [0.4, 0.5) is 0 Å². The quantitative estimate of drug-likeness (QED) is 0.424. The fourth-order valence-electron chi connectivity index (χ4n) is 1.97. The SMILES string of the molecule is CCOC(=O)c1cc[n+]([O-])c(-c2nc3ccccc3s2)c1. The molecule has 3 aromatic rings. The largest absolute Gasteiger partial charge is 0.618 e. The van der Waals surface area contributed by atoms with Gasteiger partial charge in [-0.05, 0) is 19.1 Å². The summed E-state index contributed by atoms with van der Waals surface area (Å²) < 4.78 is 6.65. The number of carbonyl (C=O) groups is 1. The minimum absolute atomic E-state index is 0.293. The third-order valence-electron chi connectivity index (χ3n) is 2.94. The molecule has 0 amide bonds. The van der Waals surface area contributed by atoms with Crippen molar-refractivity contribution in [3.8, 4) is 10.7 Å². The van der Waals surface area contributed by atoms with Crippen LogP contribution in [-0.4, -0.2) is 17.6 Å². The second-order valence-electron chi connectivity index (χ2n) is 4.33. The number of aromatic nitrogens is 2. The molecule has 0 saturated carbocycles. The number of carbonyl (C=O) groups excluding carboxylic acids is 1. The standard InChI is InChI=1S/C15H12N2O3S/c1-2-20-15(18)10-7-8-17(19)12(9-10)14-16-11-5-3-4-6-13(11)21-14/h3-9H,2H2,1H3. The number of hydrogen-bond donors (Lipinski definition) is 0. The molecule has 0 bridgehead atoms. The van der Waals surface area contributed by atoms with E-state index in [4.69, 9.17) is 4.74 Å². The molecule has 1 aromatic carbocycles. The molecular formula is C15H12N2O3S. The van der Waals surface area contributed by atoms with E-state index in [2.05, 4.69) is 4.98 Å². The second-order valence-corrected chi connectivity index (χ2v) is 5.36. The van der Waals surface area contributed by atoms with Crippen LogP contribution in [0.5, 0.6) is 0 Å². The first kappa shape index (κ1) is 13.5. The lowest BCUT2D eigenvalue weighted by Crippen LogP contribution is -2.29. The van der Waals surface area contributed by atoms with Crippen molar-refractivity contribution in [2.24, 2.45) is 0 Å². The van der Waals surface area contributed by atoms with Crippen LogP contribution >= 0.6 is 11.3 Å². The molecule has 6 heteroatoms. The number of thiazole rings is 1. The van der Waals surface area contributed by atoms with Crippen molar-refractivity contribution in [3.63, 3.8) is 0 Å². The van der Waals surface area contributed by atoms with Gasteiger partial charge in [0.25, 0.3) is 5.69 Å². The molecule has 0 atom stereocenters. The van der Waals surface area contributed by atoms with Gasteiger partial charge in [0.05, 0.1) is 22.4 Å². The van der Waals surface area contributed by atoms with E-state index in [0.29, 0.717) is 27.6 Å². The van der Waals surface area contributed by atoms with Crippen LogP contribution in [-0.2, 0) is 4.74 Å². The summed E-state index contributed by atoms with van der Waals surface area (Å²) in [5.74, 6) is -0.444. The average Bonchev–Trinajstić information content (AvgIpc) is 2.91. The Morgan fingerprint density at radius 2 is 2.19 bits per heavy atom. The van der Waals surface area contributed by atoms with Gasteiger partial charge in [-0.2, -0.15) is 4.73 Å². The maximum atomic E-state index is 12.0. The van der Waals surface area contributed by atoms with Crippen LogP contribution in [0.25, 0.3) is 20.9 Å². The first-order valence-electron chi connectivity index (χ1n) is 6.45. The van der Waals surface area contributed by atoms with Crippen LogP contribution in [0.15, 0.2) is 42.6 Å². The molecule has 21 heavy (non-hydrogen) atoms. The van der Waals surface area contributed by atoms with Crippen LogP contribution < -0.4 is 4.73 Å². The Hall–Kier alpha value is -2.47. The minimum Gasteiger partial charge on any atom is -0.618 e. The molecule has 0 fully saturated rings. The van der Waals surface area contributed by atoms with Gasteiger partial charge >= 0.3 is 5.97 Å². The smallest absolute Gasteiger partial charge is 0.338 e. The van der Waals surface area contributed by atoms with E-state index < -0.39 is 5.97 Å². The molecule has 0 aliphatic heterocycles. The third kappa shape index (κ3) is 2.57. The molecule has 0 radical (unpaired) electrons. The van der Waals surface area contributed by atoms with Crippen molar-refractivity contribution in [3.05, 3.63) is 53.4 Å². The zero-order valence-electron chi connectivity index (χ0n) is 11.3. The summed E-state index contributed by atoms with van der Waals surface area (Å²) in [4.78, 5) is 16.2. The van der Waals surface area contributed by atoms with Gasteiger partial charge in [0, 0.05) is 12.1 Å². The Labute approximate surface area is 125 Å². The molecule has 0 N–H and O–H groups in total. The van der Waals surface area contributed by atoms with Crippen molar-refractivity contribution in [2.75, 3.05) is 6.61 Å². The highest BCUT2D eigenvalue weighted by Gasteiger charge is 2.18. The Bertz CT molecular complexity index is 781. The van der Waals surface area contributed by atoms with E-state index >= 15 is 0 Å². The van der Waals surface area contributed by atoms with Gasteiger partial charge in [0.2, 0.25) is 0 Å². The highest BCUT2D eigenvalue weighted by atomic mass is 32.1. The van der Waals surface area contributed by atoms with Crippen molar-refractivity contribution < 1.29 is 14.3 Å². The number of para-hydroxylation sites is 1. The second kappa shape index (κ2) is 5.49. The molecule has 0 aliphatic rings. The number of hydrogen-bond acceptors (Lipinski definition) is 5. The van der Waals surface area contributed by atoms with Crippen molar-refractivity contribution >= 4 is 27.5 Å². The zero-order valence-corrected chi connectivity index (χ0v) is 12.1. The van der Waals surface area contributed by atoms with Crippen molar-refractivity contribution in [1.82, 2.24) is 4.98 Å². The highest BCUT2D eigenvalue weighted by Crippen LogP contribution is 2.28. The maximum absolute atomic E-state index is 12.0. The molecule has 2 aromatic heterocycles. The Morgan fingerprint density at radius 3 is 2.95 bits per heavy atom. The van der Waals surface area contributed by atoms with E-state index in [0.717, 1.165) is 10.2 Å². The number of pyridine rings is 1.